The Labute approximate surface area is 160 Å². The van der Waals surface area contributed by atoms with Crippen molar-refractivity contribution >= 4 is 47.2 Å². The van der Waals surface area contributed by atoms with Gasteiger partial charge in [-0.2, -0.15) is 0 Å². The van der Waals surface area contributed by atoms with Crippen LogP contribution in [0.5, 0.6) is 0 Å². The number of nitrogens with one attached hydrogen (secondary N) is 3. The van der Waals surface area contributed by atoms with Gasteiger partial charge in [-0.25, -0.2) is 0 Å². The Kier molecular flexibility index (Phi) is 12.1. The highest BCUT2D eigenvalue weighted by Gasteiger charge is 2.07. The number of carbonyl (C=O) groups excluding carboxylic acids is 1. The maximum Gasteiger partial charge on any atom is 0.222 e. The van der Waals surface area contributed by atoms with Crippen LogP contribution >= 0.6 is 35.3 Å². The number of thiophene rings is 1. The smallest absolute Gasteiger partial charge is 0.222 e. The first kappa shape index (κ1) is 22.2. The fraction of sp³-hybridized carbons (Fsp3) is 0.625. The van der Waals surface area contributed by atoms with Crippen molar-refractivity contribution in [3.05, 3.63) is 22.4 Å². The second-order valence-electron chi connectivity index (χ2n) is 5.51. The Morgan fingerprint density at radius 1 is 1.22 bits per heavy atom. The SMILES string of the molecule is CCNC(=NCC(C)c1cccs1)NCCNC(=O)C(C)C.I. The van der Waals surface area contributed by atoms with Crippen molar-refractivity contribution in [1.82, 2.24) is 16.0 Å². The van der Waals surface area contributed by atoms with Gasteiger partial charge in [0.2, 0.25) is 5.91 Å². The van der Waals surface area contributed by atoms with Gasteiger partial charge in [0.25, 0.3) is 0 Å². The highest BCUT2D eigenvalue weighted by atomic mass is 127. The summed E-state index contributed by atoms with van der Waals surface area (Å²) in [6.45, 7) is 10.8. The highest BCUT2D eigenvalue weighted by molar-refractivity contribution is 14.0. The molecule has 1 aromatic heterocycles. The summed E-state index contributed by atoms with van der Waals surface area (Å²) >= 11 is 1.77. The average molecular weight is 452 g/mol. The first-order valence-corrected chi connectivity index (χ1v) is 8.75. The molecular weight excluding hydrogens is 423 g/mol. The van der Waals surface area contributed by atoms with Gasteiger partial charge in [-0.1, -0.05) is 26.8 Å². The Balaban J connectivity index is 0.00000484. The van der Waals surface area contributed by atoms with Gasteiger partial charge >= 0.3 is 0 Å². The maximum atomic E-state index is 11.5. The van der Waals surface area contributed by atoms with Crippen LogP contribution in [0.4, 0.5) is 0 Å². The molecule has 132 valence electrons. The van der Waals surface area contributed by atoms with E-state index in [-0.39, 0.29) is 35.8 Å². The third-order valence-electron chi connectivity index (χ3n) is 3.14. The molecule has 5 nitrogen and oxygen atoms in total. The van der Waals surface area contributed by atoms with Crippen molar-refractivity contribution in [3.63, 3.8) is 0 Å². The monoisotopic (exact) mass is 452 g/mol. The van der Waals surface area contributed by atoms with E-state index in [0.29, 0.717) is 19.0 Å². The van der Waals surface area contributed by atoms with E-state index in [1.807, 2.05) is 20.8 Å². The number of hydrogen-bond acceptors (Lipinski definition) is 3. The van der Waals surface area contributed by atoms with Crippen molar-refractivity contribution in [2.45, 2.75) is 33.6 Å². The van der Waals surface area contributed by atoms with E-state index in [4.69, 9.17) is 0 Å². The lowest BCUT2D eigenvalue weighted by atomic mass is 10.1. The molecule has 0 radical (unpaired) electrons. The Morgan fingerprint density at radius 3 is 2.48 bits per heavy atom. The lowest BCUT2D eigenvalue weighted by Crippen LogP contribution is -2.42. The molecule has 1 aromatic rings. The second-order valence-corrected chi connectivity index (χ2v) is 6.49. The Morgan fingerprint density at radius 2 is 1.91 bits per heavy atom. The summed E-state index contributed by atoms with van der Waals surface area (Å²) < 4.78 is 0. The van der Waals surface area contributed by atoms with E-state index < -0.39 is 0 Å². The first-order chi connectivity index (χ1) is 10.5. The molecule has 1 amide bonds. The molecule has 3 N–H and O–H groups in total. The summed E-state index contributed by atoms with van der Waals surface area (Å²) in [5, 5.41) is 11.4. The summed E-state index contributed by atoms with van der Waals surface area (Å²) in [7, 11) is 0. The van der Waals surface area contributed by atoms with E-state index in [0.717, 1.165) is 19.0 Å². The minimum absolute atomic E-state index is 0. The molecule has 0 saturated heterocycles. The van der Waals surface area contributed by atoms with Crippen LogP contribution in [0.1, 0.15) is 38.5 Å². The predicted molar refractivity (Wildman–Crippen MR) is 110 cm³/mol. The number of guanidine groups is 1. The number of amides is 1. The summed E-state index contributed by atoms with van der Waals surface area (Å²) in [4.78, 5) is 17.4. The fourth-order valence-electron chi connectivity index (χ4n) is 1.80. The Hall–Kier alpha value is -0.830. The number of nitrogens with zero attached hydrogens (tertiary/aromatic N) is 1. The molecular formula is C16H29IN4OS. The normalized spacial score (nSPS) is 12.5. The van der Waals surface area contributed by atoms with Crippen molar-refractivity contribution in [2.75, 3.05) is 26.2 Å². The largest absolute Gasteiger partial charge is 0.357 e. The average Bonchev–Trinajstić information content (AvgIpc) is 3.02. The number of carbonyl (C=O) groups is 1. The number of hydrogen-bond donors (Lipinski definition) is 3. The lowest BCUT2D eigenvalue weighted by molar-refractivity contribution is -0.123. The van der Waals surface area contributed by atoms with Crippen LogP contribution in [-0.2, 0) is 4.79 Å². The van der Waals surface area contributed by atoms with Gasteiger partial charge in [0, 0.05) is 36.3 Å². The number of rotatable bonds is 8. The minimum atomic E-state index is 0. The number of aliphatic imine (C=N–C) groups is 1. The molecule has 7 heteroatoms. The third-order valence-corrected chi connectivity index (χ3v) is 4.24. The molecule has 1 rings (SSSR count). The summed E-state index contributed by atoms with van der Waals surface area (Å²) in [6.07, 6.45) is 0. The van der Waals surface area contributed by atoms with Crippen LogP contribution < -0.4 is 16.0 Å². The molecule has 0 fully saturated rings. The second kappa shape index (κ2) is 12.6. The molecule has 0 aliphatic rings. The van der Waals surface area contributed by atoms with Crippen LogP contribution in [0.2, 0.25) is 0 Å². The zero-order valence-electron chi connectivity index (χ0n) is 14.4. The molecule has 0 bridgehead atoms. The summed E-state index contributed by atoms with van der Waals surface area (Å²) in [5.41, 5.74) is 0. The zero-order chi connectivity index (χ0) is 16.4. The molecule has 0 aromatic carbocycles. The van der Waals surface area contributed by atoms with Crippen LogP contribution in [0.25, 0.3) is 0 Å². The zero-order valence-corrected chi connectivity index (χ0v) is 17.5. The van der Waals surface area contributed by atoms with E-state index in [2.05, 4.69) is 45.4 Å². The molecule has 1 heterocycles. The highest BCUT2D eigenvalue weighted by Crippen LogP contribution is 2.20. The van der Waals surface area contributed by atoms with Crippen molar-refractivity contribution < 1.29 is 4.79 Å². The standard InChI is InChI=1S/C16H28N4OS.HI/c1-5-17-16(19-9-8-18-15(21)12(2)3)20-11-13(4)14-7-6-10-22-14;/h6-7,10,12-13H,5,8-9,11H2,1-4H3,(H,18,21)(H2,17,19,20);1H. The topological polar surface area (TPSA) is 65.5 Å². The van der Waals surface area contributed by atoms with E-state index in [9.17, 15) is 4.79 Å². The molecule has 0 spiro atoms. The van der Waals surface area contributed by atoms with E-state index in [1.54, 1.807) is 11.3 Å². The predicted octanol–water partition coefficient (Wildman–Crippen LogP) is 2.80. The molecule has 0 saturated carbocycles. The molecule has 0 aliphatic carbocycles. The summed E-state index contributed by atoms with van der Waals surface area (Å²) in [5.74, 6) is 1.31. The first-order valence-electron chi connectivity index (χ1n) is 7.87. The van der Waals surface area contributed by atoms with Gasteiger partial charge in [-0.3, -0.25) is 9.79 Å². The Bertz CT molecular complexity index is 463. The van der Waals surface area contributed by atoms with E-state index >= 15 is 0 Å². The molecule has 0 aliphatic heterocycles. The molecule has 23 heavy (non-hydrogen) atoms. The van der Waals surface area contributed by atoms with Crippen LogP contribution in [0.15, 0.2) is 22.5 Å². The number of halogens is 1. The molecule has 1 unspecified atom stereocenters. The van der Waals surface area contributed by atoms with Crippen molar-refractivity contribution in [3.8, 4) is 0 Å². The fourth-order valence-corrected chi connectivity index (χ4v) is 2.58. The third kappa shape index (κ3) is 9.14. The van der Waals surface area contributed by atoms with Crippen LogP contribution in [0.3, 0.4) is 0 Å². The maximum absolute atomic E-state index is 11.5. The van der Waals surface area contributed by atoms with Crippen molar-refractivity contribution in [1.29, 1.82) is 0 Å². The quantitative estimate of drug-likeness (QED) is 0.246. The van der Waals surface area contributed by atoms with Crippen LogP contribution in [-0.4, -0.2) is 38.0 Å². The van der Waals surface area contributed by atoms with Gasteiger partial charge < -0.3 is 16.0 Å². The summed E-state index contributed by atoms with van der Waals surface area (Å²) in [6, 6.07) is 4.22. The van der Waals surface area contributed by atoms with Crippen LogP contribution in [0, 0.1) is 5.92 Å². The minimum Gasteiger partial charge on any atom is -0.357 e. The van der Waals surface area contributed by atoms with Gasteiger partial charge in [0.1, 0.15) is 0 Å². The van der Waals surface area contributed by atoms with Gasteiger partial charge in [-0.05, 0) is 18.4 Å². The van der Waals surface area contributed by atoms with Crippen molar-refractivity contribution in [2.24, 2.45) is 10.9 Å². The van der Waals surface area contributed by atoms with E-state index in [1.165, 1.54) is 4.88 Å². The van der Waals surface area contributed by atoms with Gasteiger partial charge in [0.05, 0.1) is 6.54 Å². The van der Waals surface area contributed by atoms with Gasteiger partial charge in [0.15, 0.2) is 5.96 Å². The molecule has 1 atom stereocenters. The van der Waals surface area contributed by atoms with Gasteiger partial charge in [-0.15, -0.1) is 35.3 Å². The lowest BCUT2D eigenvalue weighted by Gasteiger charge is -2.13.